The van der Waals surface area contributed by atoms with Crippen LogP contribution in [0.5, 0.6) is 5.75 Å². The highest BCUT2D eigenvalue weighted by atomic mass is 16.5. The van der Waals surface area contributed by atoms with Crippen molar-refractivity contribution in [3.8, 4) is 5.75 Å². The van der Waals surface area contributed by atoms with Gasteiger partial charge in [0.1, 0.15) is 5.75 Å². The monoisotopic (exact) mass is 242 g/mol. The Morgan fingerprint density at radius 3 is 2.33 bits per heavy atom. The fraction of sp³-hybridized carbons (Fsp3) is 0.267. The average Bonchev–Trinajstić information content (AvgIpc) is 2.45. The van der Waals surface area contributed by atoms with Gasteiger partial charge in [-0.05, 0) is 48.2 Å². The molecule has 0 aliphatic carbocycles. The molecule has 18 heavy (non-hydrogen) atoms. The molecule has 0 saturated heterocycles. The number of rotatable bonds is 6. The average molecular weight is 242 g/mol. The number of nitrogens with two attached hydrogens (primary N) is 1. The highest BCUT2D eigenvalue weighted by molar-refractivity contribution is 5.27. The summed E-state index contributed by atoms with van der Waals surface area (Å²) in [4.78, 5) is 4.00. The van der Waals surface area contributed by atoms with Crippen LogP contribution in [0.15, 0.2) is 48.8 Å². The normalized spacial score (nSPS) is 10.3. The van der Waals surface area contributed by atoms with Gasteiger partial charge in [0.25, 0.3) is 0 Å². The summed E-state index contributed by atoms with van der Waals surface area (Å²) in [7, 11) is 0. The Kier molecular flexibility index (Phi) is 4.73. The molecule has 94 valence electrons. The molecule has 0 unspecified atom stereocenters. The molecule has 0 atom stereocenters. The van der Waals surface area contributed by atoms with E-state index in [9.17, 15) is 0 Å². The molecule has 0 aliphatic heterocycles. The van der Waals surface area contributed by atoms with Crippen molar-refractivity contribution in [2.75, 3.05) is 6.61 Å². The van der Waals surface area contributed by atoms with E-state index in [1.54, 1.807) is 0 Å². The molecule has 0 aliphatic rings. The first-order chi connectivity index (χ1) is 8.88. The maximum Gasteiger partial charge on any atom is 0.119 e. The first-order valence-electron chi connectivity index (χ1n) is 6.19. The Bertz CT molecular complexity index is 454. The maximum absolute atomic E-state index is 5.67. The molecule has 2 N–H and O–H groups in total. The van der Waals surface area contributed by atoms with Crippen LogP contribution in [-0.4, -0.2) is 11.6 Å². The summed E-state index contributed by atoms with van der Waals surface area (Å²) in [6.45, 7) is 1.30. The minimum absolute atomic E-state index is 0.572. The second kappa shape index (κ2) is 6.77. The number of pyridine rings is 1. The molecule has 3 nitrogen and oxygen atoms in total. The molecule has 0 spiro atoms. The zero-order valence-corrected chi connectivity index (χ0v) is 10.4. The van der Waals surface area contributed by atoms with Crippen LogP contribution in [0.2, 0.25) is 0 Å². The fourth-order valence-corrected chi connectivity index (χ4v) is 1.74. The van der Waals surface area contributed by atoms with Crippen LogP contribution in [0.25, 0.3) is 0 Å². The smallest absolute Gasteiger partial charge is 0.119 e. The molecule has 0 fully saturated rings. The molecule has 2 rings (SSSR count). The van der Waals surface area contributed by atoms with Gasteiger partial charge >= 0.3 is 0 Å². The van der Waals surface area contributed by atoms with Gasteiger partial charge in [0.15, 0.2) is 0 Å². The summed E-state index contributed by atoms with van der Waals surface area (Å²) in [5, 5.41) is 0. The van der Waals surface area contributed by atoms with Crippen molar-refractivity contribution in [3.63, 3.8) is 0 Å². The third-order valence-electron chi connectivity index (χ3n) is 2.79. The van der Waals surface area contributed by atoms with E-state index >= 15 is 0 Å². The van der Waals surface area contributed by atoms with Gasteiger partial charge in [-0.1, -0.05) is 12.1 Å². The van der Waals surface area contributed by atoms with E-state index in [-0.39, 0.29) is 0 Å². The molecule has 3 heteroatoms. The highest BCUT2D eigenvalue weighted by Crippen LogP contribution is 2.12. The van der Waals surface area contributed by atoms with Gasteiger partial charge in [-0.2, -0.15) is 0 Å². The molecular formula is C15H18N2O. The summed E-state index contributed by atoms with van der Waals surface area (Å²) in [6, 6.07) is 12.0. The van der Waals surface area contributed by atoms with Crippen molar-refractivity contribution in [1.82, 2.24) is 4.98 Å². The first-order valence-corrected chi connectivity index (χ1v) is 6.19. The van der Waals surface area contributed by atoms with Gasteiger partial charge in [-0.3, -0.25) is 4.98 Å². The predicted octanol–water partition coefficient (Wildman–Crippen LogP) is 2.55. The number of aromatic nitrogens is 1. The summed E-state index contributed by atoms with van der Waals surface area (Å²) in [6.07, 6.45) is 5.66. The lowest BCUT2D eigenvalue weighted by Crippen LogP contribution is -2.00. The largest absolute Gasteiger partial charge is 0.494 e. The van der Waals surface area contributed by atoms with Crippen molar-refractivity contribution in [1.29, 1.82) is 0 Å². The van der Waals surface area contributed by atoms with Crippen molar-refractivity contribution >= 4 is 0 Å². The molecule has 0 saturated carbocycles. The third kappa shape index (κ3) is 3.86. The minimum Gasteiger partial charge on any atom is -0.494 e. The number of nitrogens with zero attached hydrogens (tertiary/aromatic N) is 1. The van der Waals surface area contributed by atoms with E-state index in [4.69, 9.17) is 10.5 Å². The van der Waals surface area contributed by atoms with E-state index in [2.05, 4.69) is 4.98 Å². The van der Waals surface area contributed by atoms with Crippen molar-refractivity contribution < 1.29 is 4.74 Å². The lowest BCUT2D eigenvalue weighted by molar-refractivity contribution is 0.311. The fourth-order valence-electron chi connectivity index (χ4n) is 1.74. The van der Waals surface area contributed by atoms with Gasteiger partial charge in [0.2, 0.25) is 0 Å². The Morgan fingerprint density at radius 1 is 0.944 bits per heavy atom. The lowest BCUT2D eigenvalue weighted by Gasteiger charge is -2.06. The molecular weight excluding hydrogens is 224 g/mol. The summed E-state index contributed by atoms with van der Waals surface area (Å²) in [5.74, 6) is 0.905. The predicted molar refractivity (Wildman–Crippen MR) is 72.4 cm³/mol. The van der Waals surface area contributed by atoms with Crippen LogP contribution in [-0.2, 0) is 13.0 Å². The minimum atomic E-state index is 0.572. The molecule has 0 radical (unpaired) electrons. The van der Waals surface area contributed by atoms with Crippen LogP contribution in [0.1, 0.15) is 17.5 Å². The Balaban J connectivity index is 1.72. The van der Waals surface area contributed by atoms with Gasteiger partial charge in [0.05, 0.1) is 6.61 Å². The van der Waals surface area contributed by atoms with Crippen molar-refractivity contribution in [3.05, 3.63) is 59.9 Å². The summed E-state index contributed by atoms with van der Waals surface area (Å²) in [5.41, 5.74) is 7.96. The van der Waals surface area contributed by atoms with Gasteiger partial charge in [-0.25, -0.2) is 0 Å². The molecule has 2 aromatic rings. The zero-order valence-electron chi connectivity index (χ0n) is 10.4. The molecule has 1 aromatic heterocycles. The maximum atomic E-state index is 5.67. The van der Waals surface area contributed by atoms with Crippen LogP contribution in [0.3, 0.4) is 0 Å². The lowest BCUT2D eigenvalue weighted by atomic mass is 10.1. The Morgan fingerprint density at radius 2 is 1.67 bits per heavy atom. The summed E-state index contributed by atoms with van der Waals surface area (Å²) >= 11 is 0. The number of benzene rings is 1. The summed E-state index contributed by atoms with van der Waals surface area (Å²) < 4.78 is 5.67. The van der Waals surface area contributed by atoms with Crippen LogP contribution < -0.4 is 10.5 Å². The van der Waals surface area contributed by atoms with Gasteiger partial charge < -0.3 is 10.5 Å². The second-order valence-electron chi connectivity index (χ2n) is 4.16. The quantitative estimate of drug-likeness (QED) is 0.792. The zero-order chi connectivity index (χ0) is 12.6. The van der Waals surface area contributed by atoms with E-state index in [0.29, 0.717) is 6.54 Å². The molecule has 0 amide bonds. The molecule has 1 heterocycles. The van der Waals surface area contributed by atoms with E-state index in [1.807, 2.05) is 48.8 Å². The van der Waals surface area contributed by atoms with E-state index < -0.39 is 0 Å². The third-order valence-corrected chi connectivity index (χ3v) is 2.79. The van der Waals surface area contributed by atoms with Crippen LogP contribution in [0, 0.1) is 0 Å². The van der Waals surface area contributed by atoms with E-state index in [1.165, 1.54) is 5.56 Å². The van der Waals surface area contributed by atoms with Crippen LogP contribution >= 0.6 is 0 Å². The van der Waals surface area contributed by atoms with Crippen molar-refractivity contribution in [2.24, 2.45) is 5.73 Å². The topological polar surface area (TPSA) is 48.1 Å². The number of hydrogen-bond acceptors (Lipinski definition) is 3. The Hall–Kier alpha value is -1.87. The van der Waals surface area contributed by atoms with Gasteiger partial charge in [-0.15, -0.1) is 0 Å². The highest BCUT2D eigenvalue weighted by Gasteiger charge is 1.96. The number of ether oxygens (including phenoxy) is 1. The molecule has 1 aromatic carbocycles. The number of hydrogen-bond donors (Lipinski definition) is 1. The first kappa shape index (κ1) is 12.6. The van der Waals surface area contributed by atoms with Crippen LogP contribution in [0.4, 0.5) is 0 Å². The van der Waals surface area contributed by atoms with Crippen molar-refractivity contribution in [2.45, 2.75) is 19.4 Å². The molecule has 0 bridgehead atoms. The van der Waals surface area contributed by atoms with Gasteiger partial charge in [0, 0.05) is 18.9 Å². The number of aryl methyl sites for hydroxylation is 1. The Labute approximate surface area is 108 Å². The standard InChI is InChI=1S/C15H18N2O/c16-12-14-3-5-15(6-4-14)18-11-1-2-13-7-9-17-10-8-13/h3-10H,1-2,11-12,16H2. The SMILES string of the molecule is NCc1ccc(OCCCc2ccncc2)cc1. The van der Waals surface area contributed by atoms with E-state index in [0.717, 1.165) is 30.8 Å². The second-order valence-corrected chi connectivity index (χ2v) is 4.16.